The lowest BCUT2D eigenvalue weighted by Gasteiger charge is -2.25. The van der Waals surface area contributed by atoms with Gasteiger partial charge in [-0.05, 0) is 12.8 Å². The molecule has 116 valence electrons. The smallest absolute Gasteiger partial charge is 0.323 e. The van der Waals surface area contributed by atoms with Gasteiger partial charge in [0.25, 0.3) is 0 Å². The van der Waals surface area contributed by atoms with E-state index in [1.54, 1.807) is 0 Å². The molecule has 0 aromatic heterocycles. The highest BCUT2D eigenvalue weighted by Gasteiger charge is 2.40. The van der Waals surface area contributed by atoms with Crippen molar-refractivity contribution >= 4 is 17.8 Å². The first-order valence-corrected chi connectivity index (χ1v) is 7.44. The van der Waals surface area contributed by atoms with Crippen molar-refractivity contribution < 1.29 is 19.5 Å². The van der Waals surface area contributed by atoms with Crippen molar-refractivity contribution in [3.8, 4) is 0 Å². The highest BCUT2D eigenvalue weighted by Crippen LogP contribution is 2.30. The topological polar surface area (TPSA) is 77.9 Å². The number of rotatable bonds is 6. The number of hydrogen-bond donors (Lipinski definition) is 1. The Labute approximate surface area is 124 Å². The first kappa shape index (κ1) is 15.5. The van der Waals surface area contributed by atoms with Gasteiger partial charge in [-0.3, -0.25) is 14.4 Å². The van der Waals surface area contributed by atoms with Crippen LogP contribution in [0.3, 0.4) is 0 Å². The van der Waals surface area contributed by atoms with Crippen LogP contribution in [0.5, 0.6) is 0 Å². The number of carboxylic acid groups (broad SMARTS) is 1. The summed E-state index contributed by atoms with van der Waals surface area (Å²) in [5, 5.41) is 8.87. The molecule has 1 saturated heterocycles. The van der Waals surface area contributed by atoms with Gasteiger partial charge in [0.15, 0.2) is 0 Å². The van der Waals surface area contributed by atoms with Crippen molar-refractivity contribution in [2.75, 3.05) is 19.6 Å². The molecule has 6 heteroatoms. The lowest BCUT2D eigenvalue weighted by atomic mass is 10.1. The third kappa shape index (κ3) is 3.62. The van der Waals surface area contributed by atoms with Gasteiger partial charge in [0.2, 0.25) is 11.8 Å². The maximum Gasteiger partial charge on any atom is 0.323 e. The number of amides is 2. The standard InChI is InChI=1S/C15H22N2O4/c1-2-7-16(10-14(19)20)15(21)11-8-13(18)17(9-11)12-5-3-4-6-12/h2,11-12H,1,3-10H2,(H,19,20). The minimum Gasteiger partial charge on any atom is -0.480 e. The van der Waals surface area contributed by atoms with Gasteiger partial charge in [0, 0.05) is 25.6 Å². The summed E-state index contributed by atoms with van der Waals surface area (Å²) >= 11 is 0. The third-order valence-electron chi connectivity index (χ3n) is 4.26. The molecule has 1 aliphatic carbocycles. The van der Waals surface area contributed by atoms with E-state index in [0.29, 0.717) is 6.54 Å². The Bertz CT molecular complexity index is 443. The van der Waals surface area contributed by atoms with Crippen LogP contribution >= 0.6 is 0 Å². The minimum absolute atomic E-state index is 0.0223. The molecule has 0 radical (unpaired) electrons. The average molecular weight is 294 g/mol. The first-order valence-electron chi connectivity index (χ1n) is 7.44. The van der Waals surface area contributed by atoms with Gasteiger partial charge >= 0.3 is 5.97 Å². The second kappa shape index (κ2) is 6.74. The maximum atomic E-state index is 12.4. The molecule has 1 atom stereocenters. The van der Waals surface area contributed by atoms with E-state index in [0.717, 1.165) is 25.7 Å². The Morgan fingerprint density at radius 2 is 2.05 bits per heavy atom. The highest BCUT2D eigenvalue weighted by molar-refractivity contribution is 5.90. The van der Waals surface area contributed by atoms with E-state index in [1.807, 2.05) is 4.90 Å². The quantitative estimate of drug-likeness (QED) is 0.738. The maximum absolute atomic E-state index is 12.4. The van der Waals surface area contributed by atoms with Gasteiger partial charge in [0.05, 0.1) is 5.92 Å². The zero-order valence-corrected chi connectivity index (χ0v) is 12.2. The van der Waals surface area contributed by atoms with Gasteiger partial charge in [-0.15, -0.1) is 6.58 Å². The first-order chi connectivity index (χ1) is 10.0. The fourth-order valence-electron chi connectivity index (χ4n) is 3.28. The van der Waals surface area contributed by atoms with Crippen molar-refractivity contribution in [3.63, 3.8) is 0 Å². The number of carboxylic acids is 1. The molecule has 0 aromatic rings. The lowest BCUT2D eigenvalue weighted by molar-refractivity contribution is -0.145. The van der Waals surface area contributed by atoms with Crippen LogP contribution in [0.15, 0.2) is 12.7 Å². The Morgan fingerprint density at radius 3 is 2.62 bits per heavy atom. The average Bonchev–Trinajstić information content (AvgIpc) is 3.05. The van der Waals surface area contributed by atoms with Crippen molar-refractivity contribution in [2.45, 2.75) is 38.1 Å². The molecule has 1 unspecified atom stereocenters. The van der Waals surface area contributed by atoms with Crippen LogP contribution in [0, 0.1) is 5.92 Å². The van der Waals surface area contributed by atoms with Crippen LogP contribution in [0.2, 0.25) is 0 Å². The summed E-state index contributed by atoms with van der Waals surface area (Å²) in [4.78, 5) is 38.4. The van der Waals surface area contributed by atoms with Crippen LogP contribution in [-0.2, 0) is 14.4 Å². The van der Waals surface area contributed by atoms with Crippen molar-refractivity contribution in [1.82, 2.24) is 9.80 Å². The molecule has 2 amide bonds. The molecule has 1 saturated carbocycles. The predicted molar refractivity (Wildman–Crippen MR) is 76.5 cm³/mol. The number of aliphatic carboxylic acids is 1. The van der Waals surface area contributed by atoms with Gasteiger partial charge in [-0.25, -0.2) is 0 Å². The molecular formula is C15H22N2O4. The van der Waals surface area contributed by atoms with Crippen LogP contribution in [0.1, 0.15) is 32.1 Å². The van der Waals surface area contributed by atoms with Gasteiger partial charge < -0.3 is 14.9 Å². The Morgan fingerprint density at radius 1 is 1.38 bits per heavy atom. The van der Waals surface area contributed by atoms with Gasteiger partial charge in [0.1, 0.15) is 6.54 Å². The fourth-order valence-corrected chi connectivity index (χ4v) is 3.28. The van der Waals surface area contributed by atoms with Crippen molar-refractivity contribution in [1.29, 1.82) is 0 Å². The Hall–Kier alpha value is -1.85. The Balaban J connectivity index is 2.00. The molecule has 1 N–H and O–H groups in total. The van der Waals surface area contributed by atoms with Crippen LogP contribution < -0.4 is 0 Å². The van der Waals surface area contributed by atoms with Gasteiger partial charge in [-0.1, -0.05) is 18.9 Å². The van der Waals surface area contributed by atoms with E-state index >= 15 is 0 Å². The molecule has 1 heterocycles. The zero-order chi connectivity index (χ0) is 15.4. The second-order valence-corrected chi connectivity index (χ2v) is 5.79. The highest BCUT2D eigenvalue weighted by atomic mass is 16.4. The van der Waals surface area contributed by atoms with Gasteiger partial charge in [-0.2, -0.15) is 0 Å². The fraction of sp³-hybridized carbons (Fsp3) is 0.667. The molecular weight excluding hydrogens is 272 g/mol. The number of hydrogen-bond acceptors (Lipinski definition) is 3. The summed E-state index contributed by atoms with van der Waals surface area (Å²) in [6, 6.07) is 0.266. The normalized spacial score (nSPS) is 22.6. The molecule has 0 aromatic carbocycles. The monoisotopic (exact) mass is 294 g/mol. The summed E-state index contributed by atoms with van der Waals surface area (Å²) in [7, 11) is 0. The van der Waals surface area contributed by atoms with E-state index in [9.17, 15) is 14.4 Å². The number of carbonyl (C=O) groups is 3. The third-order valence-corrected chi connectivity index (χ3v) is 4.26. The molecule has 21 heavy (non-hydrogen) atoms. The lowest BCUT2D eigenvalue weighted by Crippen LogP contribution is -2.41. The summed E-state index contributed by atoms with van der Waals surface area (Å²) < 4.78 is 0. The molecule has 0 bridgehead atoms. The zero-order valence-electron chi connectivity index (χ0n) is 12.2. The van der Waals surface area contributed by atoms with E-state index < -0.39 is 11.9 Å². The van der Waals surface area contributed by atoms with E-state index in [-0.39, 0.29) is 37.4 Å². The van der Waals surface area contributed by atoms with E-state index in [1.165, 1.54) is 11.0 Å². The summed E-state index contributed by atoms with van der Waals surface area (Å²) in [6.07, 6.45) is 5.99. The van der Waals surface area contributed by atoms with Crippen LogP contribution in [0.25, 0.3) is 0 Å². The van der Waals surface area contributed by atoms with Crippen LogP contribution in [0.4, 0.5) is 0 Å². The van der Waals surface area contributed by atoms with Crippen molar-refractivity contribution in [3.05, 3.63) is 12.7 Å². The summed E-state index contributed by atoms with van der Waals surface area (Å²) in [5.74, 6) is -1.71. The number of nitrogens with zero attached hydrogens (tertiary/aromatic N) is 2. The number of likely N-dealkylation sites (tertiary alicyclic amines) is 1. The SMILES string of the molecule is C=CCN(CC(=O)O)C(=O)C1CC(=O)N(C2CCCC2)C1. The van der Waals surface area contributed by atoms with E-state index in [4.69, 9.17) is 5.11 Å². The summed E-state index contributed by atoms with van der Waals surface area (Å²) in [6.45, 7) is 3.82. The number of carbonyl (C=O) groups excluding carboxylic acids is 2. The minimum atomic E-state index is -1.05. The molecule has 2 aliphatic rings. The summed E-state index contributed by atoms with van der Waals surface area (Å²) in [5.41, 5.74) is 0. The molecule has 2 fully saturated rings. The van der Waals surface area contributed by atoms with Crippen molar-refractivity contribution in [2.24, 2.45) is 5.92 Å². The van der Waals surface area contributed by atoms with Crippen LogP contribution in [-0.4, -0.2) is 58.4 Å². The second-order valence-electron chi connectivity index (χ2n) is 5.79. The molecule has 2 rings (SSSR count). The van der Waals surface area contributed by atoms with E-state index in [2.05, 4.69) is 6.58 Å². The predicted octanol–water partition coefficient (Wildman–Crippen LogP) is 0.877. The Kier molecular flexibility index (Phi) is 4.98. The molecule has 1 aliphatic heterocycles. The molecule has 6 nitrogen and oxygen atoms in total. The largest absolute Gasteiger partial charge is 0.480 e. The molecule has 0 spiro atoms.